The molecule has 0 fully saturated rings. The summed E-state index contributed by atoms with van der Waals surface area (Å²) in [6.45, 7) is 1.95. The Kier molecular flexibility index (Phi) is 4.61. The van der Waals surface area contributed by atoms with Gasteiger partial charge >= 0.3 is 0 Å². The molecule has 24 heavy (non-hydrogen) atoms. The topological polar surface area (TPSA) is 67.2 Å². The second kappa shape index (κ2) is 7.00. The highest BCUT2D eigenvalue weighted by atomic mass is 16.3. The second-order valence-electron chi connectivity index (χ2n) is 5.68. The van der Waals surface area contributed by atoms with Gasteiger partial charge in [0.2, 0.25) is 5.91 Å². The molecule has 0 saturated carbocycles. The molecule has 0 radical (unpaired) electrons. The number of carbonyl (C=O) groups excluding carboxylic acids is 1. The molecular weight excluding hydrogens is 302 g/mol. The van der Waals surface area contributed by atoms with Crippen LogP contribution in [-0.2, 0) is 11.2 Å². The third-order valence-corrected chi connectivity index (χ3v) is 3.79. The Bertz CT molecular complexity index is 828. The number of phenolic OH excluding ortho intramolecular Hbond substituents is 1. The number of nitrogens with zero attached hydrogens (tertiary/aromatic N) is 2. The second-order valence-corrected chi connectivity index (χ2v) is 5.68. The Labute approximate surface area is 140 Å². The lowest BCUT2D eigenvalue weighted by atomic mass is 10.1. The maximum Gasteiger partial charge on any atom is 0.224 e. The lowest BCUT2D eigenvalue weighted by Gasteiger charge is -2.15. The average Bonchev–Trinajstić information content (AvgIpc) is 3.09. The summed E-state index contributed by atoms with van der Waals surface area (Å²) >= 11 is 0. The molecule has 0 aliphatic carbocycles. The van der Waals surface area contributed by atoms with Crippen molar-refractivity contribution in [3.8, 4) is 11.4 Å². The summed E-state index contributed by atoms with van der Waals surface area (Å²) in [4.78, 5) is 12.2. The highest BCUT2D eigenvalue weighted by molar-refractivity contribution is 5.79. The van der Waals surface area contributed by atoms with Gasteiger partial charge in [-0.2, -0.15) is 5.10 Å². The number of nitrogens with one attached hydrogen (secondary N) is 1. The number of rotatable bonds is 5. The van der Waals surface area contributed by atoms with E-state index in [0.717, 1.165) is 16.8 Å². The van der Waals surface area contributed by atoms with Gasteiger partial charge in [0, 0.05) is 12.4 Å². The van der Waals surface area contributed by atoms with Gasteiger partial charge in [-0.05, 0) is 48.4 Å². The third-order valence-electron chi connectivity index (χ3n) is 3.79. The van der Waals surface area contributed by atoms with E-state index in [1.165, 1.54) is 0 Å². The number of phenols is 1. The first-order chi connectivity index (χ1) is 11.6. The Morgan fingerprint density at radius 1 is 1.21 bits per heavy atom. The van der Waals surface area contributed by atoms with Gasteiger partial charge < -0.3 is 10.4 Å². The monoisotopic (exact) mass is 321 g/mol. The van der Waals surface area contributed by atoms with Crippen LogP contribution in [0.3, 0.4) is 0 Å². The summed E-state index contributed by atoms with van der Waals surface area (Å²) in [5.41, 5.74) is 2.74. The van der Waals surface area contributed by atoms with Gasteiger partial charge in [0.25, 0.3) is 0 Å². The minimum absolute atomic E-state index is 0.0856. The van der Waals surface area contributed by atoms with Crippen LogP contribution in [0.25, 0.3) is 5.69 Å². The first-order valence-electron chi connectivity index (χ1n) is 7.79. The summed E-state index contributed by atoms with van der Waals surface area (Å²) in [5.74, 6) is 0.0814. The minimum Gasteiger partial charge on any atom is -0.508 e. The molecule has 5 nitrogen and oxygen atoms in total. The molecule has 2 aromatic carbocycles. The zero-order valence-electron chi connectivity index (χ0n) is 13.4. The van der Waals surface area contributed by atoms with Crippen LogP contribution in [-0.4, -0.2) is 20.8 Å². The number of aromatic hydroxyl groups is 1. The Hall–Kier alpha value is -3.08. The predicted molar refractivity (Wildman–Crippen MR) is 91.9 cm³/mol. The van der Waals surface area contributed by atoms with Crippen molar-refractivity contribution in [2.75, 3.05) is 0 Å². The zero-order chi connectivity index (χ0) is 16.9. The van der Waals surface area contributed by atoms with E-state index in [1.54, 1.807) is 29.1 Å². The summed E-state index contributed by atoms with van der Waals surface area (Å²) in [5, 5.41) is 16.7. The SMILES string of the molecule is C[C@H](NC(=O)Cc1cccc(O)c1)c1cccc(-n2cccn2)c1. The van der Waals surface area contributed by atoms with Gasteiger partial charge in [-0.15, -0.1) is 0 Å². The van der Waals surface area contributed by atoms with Crippen LogP contribution in [0.1, 0.15) is 24.1 Å². The molecule has 0 saturated heterocycles. The smallest absolute Gasteiger partial charge is 0.224 e. The lowest BCUT2D eigenvalue weighted by molar-refractivity contribution is -0.121. The largest absolute Gasteiger partial charge is 0.508 e. The van der Waals surface area contributed by atoms with Gasteiger partial charge in [-0.3, -0.25) is 4.79 Å². The quantitative estimate of drug-likeness (QED) is 0.759. The maximum absolute atomic E-state index is 12.2. The van der Waals surface area contributed by atoms with Crippen molar-refractivity contribution in [1.82, 2.24) is 15.1 Å². The molecule has 1 atom stereocenters. The van der Waals surface area contributed by atoms with Crippen molar-refractivity contribution in [3.05, 3.63) is 78.1 Å². The van der Waals surface area contributed by atoms with Gasteiger partial charge in [-0.1, -0.05) is 24.3 Å². The maximum atomic E-state index is 12.2. The van der Waals surface area contributed by atoms with Crippen LogP contribution >= 0.6 is 0 Å². The van der Waals surface area contributed by atoms with Crippen molar-refractivity contribution in [1.29, 1.82) is 0 Å². The number of hydrogen-bond acceptors (Lipinski definition) is 3. The van der Waals surface area contributed by atoms with Crippen LogP contribution in [0.15, 0.2) is 67.0 Å². The van der Waals surface area contributed by atoms with Crippen LogP contribution in [0.2, 0.25) is 0 Å². The van der Waals surface area contributed by atoms with Crippen molar-refractivity contribution in [3.63, 3.8) is 0 Å². The van der Waals surface area contributed by atoms with Crippen molar-refractivity contribution in [2.24, 2.45) is 0 Å². The normalized spacial score (nSPS) is 11.9. The first kappa shape index (κ1) is 15.8. The molecular formula is C19H19N3O2. The van der Waals surface area contributed by atoms with Gasteiger partial charge in [0.1, 0.15) is 5.75 Å². The van der Waals surface area contributed by atoms with E-state index in [1.807, 2.05) is 49.5 Å². The summed E-state index contributed by atoms with van der Waals surface area (Å²) in [6.07, 6.45) is 3.84. The van der Waals surface area contributed by atoms with E-state index < -0.39 is 0 Å². The summed E-state index contributed by atoms with van der Waals surface area (Å²) in [7, 11) is 0. The van der Waals surface area contributed by atoms with Gasteiger partial charge in [0.15, 0.2) is 0 Å². The number of aromatic nitrogens is 2. The molecule has 5 heteroatoms. The van der Waals surface area contributed by atoms with E-state index in [2.05, 4.69) is 10.4 Å². The average molecular weight is 321 g/mol. The molecule has 3 aromatic rings. The van der Waals surface area contributed by atoms with Crippen LogP contribution < -0.4 is 5.32 Å². The van der Waals surface area contributed by atoms with Crippen molar-refractivity contribution >= 4 is 5.91 Å². The molecule has 1 aromatic heterocycles. The number of carbonyl (C=O) groups is 1. The minimum atomic E-state index is -0.120. The van der Waals surface area contributed by atoms with Crippen LogP contribution in [0, 0.1) is 0 Å². The molecule has 3 rings (SSSR count). The van der Waals surface area contributed by atoms with E-state index >= 15 is 0 Å². The molecule has 0 bridgehead atoms. The molecule has 1 heterocycles. The van der Waals surface area contributed by atoms with E-state index in [0.29, 0.717) is 0 Å². The molecule has 2 N–H and O–H groups in total. The predicted octanol–water partition coefficient (Wildman–Crippen LogP) is 3.00. The first-order valence-corrected chi connectivity index (χ1v) is 7.79. The fraction of sp³-hybridized carbons (Fsp3) is 0.158. The van der Waals surface area contributed by atoms with E-state index in [4.69, 9.17) is 0 Å². The number of amides is 1. The highest BCUT2D eigenvalue weighted by Crippen LogP contribution is 2.17. The Balaban J connectivity index is 1.67. The molecule has 0 aliphatic heterocycles. The Morgan fingerprint density at radius 3 is 2.79 bits per heavy atom. The van der Waals surface area contributed by atoms with Crippen molar-refractivity contribution in [2.45, 2.75) is 19.4 Å². The third kappa shape index (κ3) is 3.81. The number of benzene rings is 2. The standard InChI is InChI=1S/C19H19N3O2/c1-14(21-19(24)12-15-5-2-8-18(23)11-15)16-6-3-7-17(13-16)22-10-4-9-20-22/h2-11,13-14,23H,12H2,1H3,(H,21,24)/t14-/m0/s1. The molecule has 122 valence electrons. The van der Waals surface area contributed by atoms with Crippen LogP contribution in [0.5, 0.6) is 5.75 Å². The number of hydrogen-bond donors (Lipinski definition) is 2. The molecule has 0 aliphatic rings. The van der Waals surface area contributed by atoms with E-state index in [-0.39, 0.29) is 24.1 Å². The Morgan fingerprint density at radius 2 is 2.04 bits per heavy atom. The van der Waals surface area contributed by atoms with Gasteiger partial charge in [-0.25, -0.2) is 4.68 Å². The summed E-state index contributed by atoms with van der Waals surface area (Å²) < 4.78 is 1.78. The lowest BCUT2D eigenvalue weighted by Crippen LogP contribution is -2.28. The van der Waals surface area contributed by atoms with Crippen LogP contribution in [0.4, 0.5) is 0 Å². The fourth-order valence-electron chi connectivity index (χ4n) is 2.59. The van der Waals surface area contributed by atoms with E-state index in [9.17, 15) is 9.90 Å². The molecule has 1 amide bonds. The van der Waals surface area contributed by atoms with Crippen molar-refractivity contribution < 1.29 is 9.90 Å². The highest BCUT2D eigenvalue weighted by Gasteiger charge is 2.11. The fourth-order valence-corrected chi connectivity index (χ4v) is 2.59. The molecule has 0 unspecified atom stereocenters. The molecule has 0 spiro atoms. The zero-order valence-corrected chi connectivity index (χ0v) is 13.4. The summed E-state index contributed by atoms with van der Waals surface area (Å²) in [6, 6.07) is 16.4. The van der Waals surface area contributed by atoms with Gasteiger partial charge in [0.05, 0.1) is 18.2 Å².